The minimum Gasteiger partial charge on any atom is -0.342 e. The van der Waals surface area contributed by atoms with Crippen LogP contribution in [0.5, 0.6) is 0 Å². The van der Waals surface area contributed by atoms with Gasteiger partial charge in [0.15, 0.2) is 0 Å². The summed E-state index contributed by atoms with van der Waals surface area (Å²) in [6.45, 7) is 5.17. The van der Waals surface area contributed by atoms with E-state index >= 15 is 0 Å². The minimum atomic E-state index is 0.493. The lowest BCUT2D eigenvalue weighted by Gasteiger charge is -2.05. The van der Waals surface area contributed by atoms with E-state index in [1.54, 1.807) is 0 Å². The first-order valence-corrected chi connectivity index (χ1v) is 6.47. The molecule has 0 radical (unpaired) electrons. The number of hydrogen-bond acceptors (Lipinski definition) is 3. The summed E-state index contributed by atoms with van der Waals surface area (Å²) in [5.74, 6) is 0.979. The minimum absolute atomic E-state index is 0.493. The van der Waals surface area contributed by atoms with Crippen LogP contribution < -0.4 is 5.32 Å². The normalized spacial score (nSPS) is 10.6. The summed E-state index contributed by atoms with van der Waals surface area (Å²) in [5, 5.41) is 12.1. The topological polar surface area (TPSA) is 64.5 Å². The fraction of sp³-hybridized carbons (Fsp3) is 0.333. The number of H-pyrrole nitrogens is 1. The quantitative estimate of drug-likeness (QED) is 0.861. The van der Waals surface area contributed by atoms with Crippen LogP contribution in [0.25, 0.3) is 11.3 Å². The predicted octanol–water partition coefficient (Wildman–Crippen LogP) is 2.49. The molecule has 2 rings (SSSR count). The van der Waals surface area contributed by atoms with Crippen molar-refractivity contribution in [3.05, 3.63) is 41.9 Å². The first kappa shape index (κ1) is 13.3. The maximum absolute atomic E-state index is 8.77. The third kappa shape index (κ3) is 3.67. The Morgan fingerprint density at radius 3 is 2.68 bits per heavy atom. The van der Waals surface area contributed by atoms with Crippen LogP contribution in [0.15, 0.2) is 30.5 Å². The van der Waals surface area contributed by atoms with Crippen LogP contribution >= 0.6 is 0 Å². The van der Waals surface area contributed by atoms with E-state index in [9.17, 15) is 0 Å². The van der Waals surface area contributed by atoms with Crippen molar-refractivity contribution in [3.63, 3.8) is 0 Å². The molecule has 0 aliphatic heterocycles. The first-order valence-electron chi connectivity index (χ1n) is 6.47. The van der Waals surface area contributed by atoms with Gasteiger partial charge < -0.3 is 10.3 Å². The molecule has 98 valence electrons. The van der Waals surface area contributed by atoms with E-state index in [2.05, 4.69) is 35.2 Å². The third-order valence-electron chi connectivity index (χ3n) is 2.87. The first-order chi connectivity index (χ1) is 9.19. The number of aromatic nitrogens is 2. The summed E-state index contributed by atoms with van der Waals surface area (Å²) in [5.41, 5.74) is 2.71. The van der Waals surface area contributed by atoms with E-state index in [1.165, 1.54) is 0 Å². The summed E-state index contributed by atoms with van der Waals surface area (Å²) in [7, 11) is 0. The van der Waals surface area contributed by atoms with Gasteiger partial charge in [0.2, 0.25) is 0 Å². The highest BCUT2D eigenvalue weighted by atomic mass is 14.9. The van der Waals surface area contributed by atoms with E-state index in [0.29, 0.717) is 11.6 Å². The van der Waals surface area contributed by atoms with Crippen molar-refractivity contribution in [1.29, 1.82) is 5.26 Å². The Hall–Kier alpha value is -2.12. The van der Waals surface area contributed by atoms with Gasteiger partial charge >= 0.3 is 0 Å². The summed E-state index contributed by atoms with van der Waals surface area (Å²) in [6, 6.07) is 10.1. The van der Waals surface area contributed by atoms with Crippen molar-refractivity contribution in [2.24, 2.45) is 0 Å². The molecule has 0 spiro atoms. The van der Waals surface area contributed by atoms with Crippen LogP contribution in [0, 0.1) is 11.3 Å². The molecule has 1 heterocycles. The Kier molecular flexibility index (Phi) is 4.32. The van der Waals surface area contributed by atoms with Crippen LogP contribution in [-0.4, -0.2) is 22.6 Å². The second kappa shape index (κ2) is 6.17. The number of rotatable bonds is 5. The second-order valence-corrected chi connectivity index (χ2v) is 4.79. The molecule has 0 fully saturated rings. The summed E-state index contributed by atoms with van der Waals surface area (Å²) < 4.78 is 0. The molecule has 2 aromatic rings. The van der Waals surface area contributed by atoms with Gasteiger partial charge in [-0.3, -0.25) is 0 Å². The van der Waals surface area contributed by atoms with E-state index in [4.69, 9.17) is 5.26 Å². The van der Waals surface area contributed by atoms with E-state index in [1.807, 2.05) is 30.5 Å². The molecular formula is C15H18N4. The molecule has 1 aromatic heterocycles. The van der Waals surface area contributed by atoms with Gasteiger partial charge in [0, 0.05) is 19.0 Å². The molecule has 2 N–H and O–H groups in total. The third-order valence-corrected chi connectivity index (χ3v) is 2.87. The fourth-order valence-electron chi connectivity index (χ4n) is 1.84. The maximum Gasteiger partial charge on any atom is 0.107 e. The van der Waals surface area contributed by atoms with Gasteiger partial charge in [-0.15, -0.1) is 0 Å². The van der Waals surface area contributed by atoms with Crippen LogP contribution in [0.4, 0.5) is 0 Å². The molecule has 1 aromatic carbocycles. The fourth-order valence-corrected chi connectivity index (χ4v) is 1.84. The molecule has 0 unspecified atom stereocenters. The number of hydrogen-bond donors (Lipinski definition) is 2. The molecule has 0 amide bonds. The van der Waals surface area contributed by atoms with Gasteiger partial charge in [-0.25, -0.2) is 4.98 Å². The van der Waals surface area contributed by atoms with E-state index in [-0.39, 0.29) is 0 Å². The molecule has 4 heteroatoms. The van der Waals surface area contributed by atoms with Crippen molar-refractivity contribution in [1.82, 2.24) is 15.3 Å². The van der Waals surface area contributed by atoms with Gasteiger partial charge in [-0.05, 0) is 17.7 Å². The number of imidazole rings is 1. The maximum atomic E-state index is 8.77. The zero-order valence-electron chi connectivity index (χ0n) is 11.3. The molecule has 0 saturated carbocycles. The van der Waals surface area contributed by atoms with Gasteiger partial charge in [0.25, 0.3) is 0 Å². The molecular weight excluding hydrogens is 236 g/mol. The van der Waals surface area contributed by atoms with Crippen molar-refractivity contribution < 1.29 is 0 Å². The van der Waals surface area contributed by atoms with E-state index in [0.717, 1.165) is 30.0 Å². The van der Waals surface area contributed by atoms with Crippen molar-refractivity contribution in [2.45, 2.75) is 26.3 Å². The van der Waals surface area contributed by atoms with Crippen molar-refractivity contribution in [2.75, 3.05) is 6.54 Å². The van der Waals surface area contributed by atoms with Crippen LogP contribution in [0.3, 0.4) is 0 Å². The average Bonchev–Trinajstić information content (AvgIpc) is 2.87. The number of nitrogens with zero attached hydrogens (tertiary/aromatic N) is 2. The predicted molar refractivity (Wildman–Crippen MR) is 75.6 cm³/mol. The van der Waals surface area contributed by atoms with E-state index < -0.39 is 0 Å². The van der Waals surface area contributed by atoms with Gasteiger partial charge in [0.1, 0.15) is 5.82 Å². The van der Waals surface area contributed by atoms with Gasteiger partial charge in [0.05, 0.1) is 23.5 Å². The highest BCUT2D eigenvalue weighted by molar-refractivity contribution is 5.59. The Morgan fingerprint density at radius 1 is 1.32 bits per heavy atom. The zero-order chi connectivity index (χ0) is 13.7. The van der Waals surface area contributed by atoms with Crippen molar-refractivity contribution in [3.8, 4) is 17.3 Å². The Balaban J connectivity index is 2.01. The highest BCUT2D eigenvalue weighted by Crippen LogP contribution is 2.17. The molecule has 0 aliphatic carbocycles. The number of aromatic amines is 1. The smallest absolute Gasteiger partial charge is 0.107 e. The summed E-state index contributed by atoms with van der Waals surface area (Å²) >= 11 is 0. The largest absolute Gasteiger partial charge is 0.342 e. The summed E-state index contributed by atoms with van der Waals surface area (Å²) in [6.07, 6.45) is 2.72. The zero-order valence-corrected chi connectivity index (χ0v) is 11.3. The number of nitrogens with one attached hydrogen (secondary N) is 2. The Bertz CT molecular complexity index is 561. The highest BCUT2D eigenvalue weighted by Gasteiger charge is 2.03. The standard InChI is InChI=1S/C15H18N4/c1-11(2)17-8-7-15-18-10-14(19-15)13-5-3-12(9-16)4-6-13/h3-6,10-11,17H,7-8H2,1-2H3,(H,18,19). The summed E-state index contributed by atoms with van der Waals surface area (Å²) in [4.78, 5) is 7.68. The van der Waals surface area contributed by atoms with Crippen LogP contribution in [0.2, 0.25) is 0 Å². The molecule has 4 nitrogen and oxygen atoms in total. The molecule has 0 aliphatic rings. The van der Waals surface area contributed by atoms with Crippen LogP contribution in [-0.2, 0) is 6.42 Å². The number of nitriles is 1. The monoisotopic (exact) mass is 254 g/mol. The van der Waals surface area contributed by atoms with Crippen molar-refractivity contribution >= 4 is 0 Å². The Labute approximate surface area is 113 Å². The molecule has 0 saturated heterocycles. The second-order valence-electron chi connectivity index (χ2n) is 4.79. The lowest BCUT2D eigenvalue weighted by Crippen LogP contribution is -2.25. The van der Waals surface area contributed by atoms with Gasteiger partial charge in [-0.2, -0.15) is 5.26 Å². The lowest BCUT2D eigenvalue weighted by atomic mass is 10.1. The Morgan fingerprint density at radius 2 is 2.05 bits per heavy atom. The molecule has 0 atom stereocenters. The number of benzene rings is 1. The lowest BCUT2D eigenvalue weighted by molar-refractivity contribution is 0.584. The SMILES string of the molecule is CC(C)NCCc1ncc(-c2ccc(C#N)cc2)[nH]1. The van der Waals surface area contributed by atoms with Crippen LogP contribution in [0.1, 0.15) is 25.2 Å². The van der Waals surface area contributed by atoms with Gasteiger partial charge in [-0.1, -0.05) is 26.0 Å². The molecule has 19 heavy (non-hydrogen) atoms. The molecule has 0 bridgehead atoms. The average molecular weight is 254 g/mol.